The standard InChI is InChI=1S/C26H28F2N6S/c27-20-9-5-18(6-10-20)17-32-13-15-33(16-14-32)26-31-34-24(29-22-3-1-2-4-22)23(30-25(34)35-26)19-7-11-21(28)12-8-19/h5-12,22,29H,1-4,13-17H2. The highest BCUT2D eigenvalue weighted by molar-refractivity contribution is 7.20. The SMILES string of the molecule is Fc1ccc(CN2CCN(c3nn4c(NC5CCCC5)c(-c5ccc(F)cc5)nc4s3)CC2)cc1. The molecule has 9 heteroatoms. The number of aromatic nitrogens is 3. The Balaban J connectivity index is 1.21. The molecule has 6 nitrogen and oxygen atoms in total. The molecule has 2 aromatic carbocycles. The van der Waals surface area contributed by atoms with Crippen molar-refractivity contribution in [3.05, 3.63) is 65.7 Å². The summed E-state index contributed by atoms with van der Waals surface area (Å²) in [4.78, 5) is 10.5. The first-order valence-corrected chi connectivity index (χ1v) is 13.1. The minimum Gasteiger partial charge on any atom is -0.365 e. The van der Waals surface area contributed by atoms with Crippen LogP contribution in [0, 0.1) is 11.6 Å². The zero-order chi connectivity index (χ0) is 23.8. The number of anilines is 2. The van der Waals surface area contributed by atoms with Crippen LogP contribution < -0.4 is 10.2 Å². The van der Waals surface area contributed by atoms with Gasteiger partial charge in [-0.25, -0.2) is 13.8 Å². The van der Waals surface area contributed by atoms with Crippen LogP contribution in [0.3, 0.4) is 0 Å². The van der Waals surface area contributed by atoms with Gasteiger partial charge in [-0.05, 0) is 54.8 Å². The van der Waals surface area contributed by atoms with Crippen molar-refractivity contribution in [2.24, 2.45) is 0 Å². The predicted octanol–water partition coefficient (Wildman–Crippen LogP) is 5.41. The van der Waals surface area contributed by atoms with Gasteiger partial charge in [-0.1, -0.05) is 36.3 Å². The maximum absolute atomic E-state index is 13.5. The number of fused-ring (bicyclic) bond motifs is 1. The molecule has 0 bridgehead atoms. The average molecular weight is 495 g/mol. The highest BCUT2D eigenvalue weighted by Gasteiger charge is 2.25. The van der Waals surface area contributed by atoms with Gasteiger partial charge in [0.1, 0.15) is 17.3 Å². The third-order valence-electron chi connectivity index (χ3n) is 6.97. The first-order chi connectivity index (χ1) is 17.1. The summed E-state index contributed by atoms with van der Waals surface area (Å²) in [5, 5.41) is 9.63. The molecule has 4 aromatic rings. The smallest absolute Gasteiger partial charge is 0.216 e. The van der Waals surface area contributed by atoms with Crippen molar-refractivity contribution < 1.29 is 8.78 Å². The van der Waals surface area contributed by atoms with E-state index in [-0.39, 0.29) is 11.6 Å². The molecular formula is C26H28F2N6S. The van der Waals surface area contributed by atoms with Crippen molar-refractivity contribution in [1.82, 2.24) is 19.5 Å². The Labute approximate surface area is 207 Å². The van der Waals surface area contributed by atoms with E-state index in [0.29, 0.717) is 6.04 Å². The lowest BCUT2D eigenvalue weighted by atomic mass is 10.1. The fourth-order valence-corrected chi connectivity index (χ4v) is 5.97. The molecule has 1 aliphatic carbocycles. The van der Waals surface area contributed by atoms with Gasteiger partial charge in [0.2, 0.25) is 10.1 Å². The van der Waals surface area contributed by atoms with Gasteiger partial charge in [-0.15, -0.1) is 5.10 Å². The monoisotopic (exact) mass is 494 g/mol. The van der Waals surface area contributed by atoms with Gasteiger partial charge in [0.15, 0.2) is 5.82 Å². The molecule has 6 rings (SSSR count). The van der Waals surface area contributed by atoms with Crippen LogP contribution in [0.4, 0.5) is 19.7 Å². The van der Waals surface area contributed by atoms with Crippen LogP contribution in [0.15, 0.2) is 48.5 Å². The highest BCUT2D eigenvalue weighted by atomic mass is 32.1. The number of nitrogens with zero attached hydrogens (tertiary/aromatic N) is 5. The van der Waals surface area contributed by atoms with E-state index >= 15 is 0 Å². The van der Waals surface area contributed by atoms with Gasteiger partial charge in [-0.3, -0.25) is 4.90 Å². The molecule has 182 valence electrons. The lowest BCUT2D eigenvalue weighted by Gasteiger charge is -2.34. The predicted molar refractivity (Wildman–Crippen MR) is 136 cm³/mol. The third kappa shape index (κ3) is 4.75. The Hall–Kier alpha value is -3.04. The Kier molecular flexibility index (Phi) is 6.12. The molecule has 2 aromatic heterocycles. The minimum absolute atomic E-state index is 0.197. The van der Waals surface area contributed by atoms with E-state index in [9.17, 15) is 8.78 Å². The first kappa shape index (κ1) is 22.4. The number of nitrogens with one attached hydrogen (secondary N) is 1. The summed E-state index contributed by atoms with van der Waals surface area (Å²) >= 11 is 1.59. The molecule has 0 radical (unpaired) electrons. The molecule has 1 saturated carbocycles. The Morgan fingerprint density at radius 1 is 0.886 bits per heavy atom. The van der Waals surface area contributed by atoms with E-state index in [1.165, 1.54) is 37.1 Å². The van der Waals surface area contributed by atoms with Crippen LogP contribution in [0.2, 0.25) is 0 Å². The van der Waals surface area contributed by atoms with Crippen molar-refractivity contribution in [3.8, 4) is 11.3 Å². The average Bonchev–Trinajstić information content (AvgIpc) is 3.60. The molecule has 0 atom stereocenters. The van der Waals surface area contributed by atoms with Gasteiger partial charge in [0.05, 0.1) is 0 Å². The number of halogens is 2. The number of hydrogen-bond donors (Lipinski definition) is 1. The summed E-state index contributed by atoms with van der Waals surface area (Å²) in [6.45, 7) is 4.44. The zero-order valence-corrected chi connectivity index (χ0v) is 20.3. The quantitative estimate of drug-likeness (QED) is 0.388. The molecule has 3 heterocycles. The maximum Gasteiger partial charge on any atom is 0.216 e. The summed E-state index contributed by atoms with van der Waals surface area (Å²) in [5.74, 6) is 0.451. The zero-order valence-electron chi connectivity index (χ0n) is 19.5. The normalized spacial score (nSPS) is 17.5. The summed E-state index contributed by atoms with van der Waals surface area (Å²) in [7, 11) is 0. The molecule has 1 saturated heterocycles. The third-order valence-corrected chi connectivity index (χ3v) is 7.94. The number of benzene rings is 2. The van der Waals surface area contributed by atoms with Crippen LogP contribution in [0.1, 0.15) is 31.2 Å². The van der Waals surface area contributed by atoms with Crippen molar-refractivity contribution in [1.29, 1.82) is 0 Å². The van der Waals surface area contributed by atoms with E-state index in [2.05, 4.69) is 15.1 Å². The fourth-order valence-electron chi connectivity index (χ4n) is 5.01. The molecule has 0 spiro atoms. The van der Waals surface area contributed by atoms with Crippen molar-refractivity contribution in [2.45, 2.75) is 38.3 Å². The number of hydrogen-bond acceptors (Lipinski definition) is 6. The Morgan fingerprint density at radius 3 is 2.23 bits per heavy atom. The number of rotatable bonds is 6. The van der Waals surface area contributed by atoms with Gasteiger partial charge in [0.25, 0.3) is 0 Å². The van der Waals surface area contributed by atoms with Crippen LogP contribution in [0.5, 0.6) is 0 Å². The topological polar surface area (TPSA) is 48.7 Å². The number of imidazole rings is 1. The van der Waals surface area contributed by atoms with Gasteiger partial charge in [0, 0.05) is 44.3 Å². The van der Waals surface area contributed by atoms with E-state index in [1.54, 1.807) is 23.5 Å². The van der Waals surface area contributed by atoms with Crippen LogP contribution in [-0.2, 0) is 6.54 Å². The van der Waals surface area contributed by atoms with Crippen LogP contribution >= 0.6 is 11.3 Å². The molecule has 1 N–H and O–H groups in total. The summed E-state index contributed by atoms with van der Waals surface area (Å²) in [5.41, 5.74) is 2.84. The summed E-state index contributed by atoms with van der Waals surface area (Å²) < 4.78 is 28.6. The highest BCUT2D eigenvalue weighted by Crippen LogP contribution is 2.35. The van der Waals surface area contributed by atoms with Crippen LogP contribution in [0.25, 0.3) is 16.2 Å². The lowest BCUT2D eigenvalue weighted by Crippen LogP contribution is -2.46. The molecular weight excluding hydrogens is 466 g/mol. The molecule has 0 unspecified atom stereocenters. The molecule has 2 fully saturated rings. The molecule has 0 amide bonds. The van der Waals surface area contributed by atoms with Gasteiger partial charge < -0.3 is 10.2 Å². The van der Waals surface area contributed by atoms with Crippen molar-refractivity contribution in [2.75, 3.05) is 36.4 Å². The fraction of sp³-hybridized carbons (Fsp3) is 0.385. The van der Waals surface area contributed by atoms with Crippen molar-refractivity contribution >= 4 is 27.2 Å². The Bertz CT molecular complexity index is 1290. The molecule has 1 aliphatic heterocycles. The minimum atomic E-state index is -0.251. The molecule has 35 heavy (non-hydrogen) atoms. The van der Waals surface area contributed by atoms with E-state index in [4.69, 9.17) is 10.1 Å². The second-order valence-electron chi connectivity index (χ2n) is 9.41. The first-order valence-electron chi connectivity index (χ1n) is 12.3. The van der Waals surface area contributed by atoms with E-state index < -0.39 is 0 Å². The lowest BCUT2D eigenvalue weighted by molar-refractivity contribution is 0.249. The largest absolute Gasteiger partial charge is 0.365 e. The maximum atomic E-state index is 13.5. The summed E-state index contributed by atoms with van der Waals surface area (Å²) in [6, 6.07) is 13.7. The Morgan fingerprint density at radius 2 is 1.54 bits per heavy atom. The second kappa shape index (κ2) is 9.54. The van der Waals surface area contributed by atoms with E-state index in [1.807, 2.05) is 16.6 Å². The second-order valence-corrected chi connectivity index (χ2v) is 10.3. The van der Waals surface area contributed by atoms with Crippen LogP contribution in [-0.4, -0.2) is 51.7 Å². The summed E-state index contributed by atoms with van der Waals surface area (Å²) in [6.07, 6.45) is 4.75. The van der Waals surface area contributed by atoms with E-state index in [0.717, 1.165) is 78.3 Å². The molecule has 2 aliphatic rings. The number of piperazine rings is 1. The van der Waals surface area contributed by atoms with Gasteiger partial charge in [-0.2, -0.15) is 4.52 Å². The van der Waals surface area contributed by atoms with Crippen molar-refractivity contribution in [3.63, 3.8) is 0 Å². The van der Waals surface area contributed by atoms with Gasteiger partial charge >= 0.3 is 0 Å².